The van der Waals surface area contributed by atoms with Crippen LogP contribution in [0, 0.1) is 11.3 Å². The molecule has 2 atom stereocenters. The molecular weight excluding hydrogens is 580 g/mol. The smallest absolute Gasteiger partial charge is 0.333 e. The van der Waals surface area contributed by atoms with E-state index < -0.39 is 18.2 Å². The fourth-order valence-electron chi connectivity index (χ4n) is 6.37. The Bertz CT molecular complexity index is 1780. The molecule has 2 heterocycles. The highest BCUT2D eigenvalue weighted by atomic mass is 16.2. The van der Waals surface area contributed by atoms with Crippen LogP contribution in [0.4, 0.5) is 4.79 Å². The number of nitrogens with one attached hydrogen (secondary N) is 1. The highest BCUT2D eigenvalue weighted by Gasteiger charge is 2.52. The Morgan fingerprint density at radius 3 is 2.39 bits per heavy atom. The van der Waals surface area contributed by atoms with E-state index in [0.29, 0.717) is 13.0 Å². The lowest BCUT2D eigenvalue weighted by molar-refractivity contribution is -0.157. The van der Waals surface area contributed by atoms with E-state index in [1.54, 1.807) is 14.8 Å². The maximum absolute atomic E-state index is 14.2. The first-order valence-corrected chi connectivity index (χ1v) is 15.3. The minimum Gasteiger partial charge on any atom is -0.333 e. The van der Waals surface area contributed by atoms with Crippen LogP contribution in [0.15, 0.2) is 97.1 Å². The van der Waals surface area contributed by atoms with E-state index in [1.807, 2.05) is 97.1 Å². The molecule has 0 radical (unpaired) electrons. The molecule has 2 fully saturated rings. The van der Waals surface area contributed by atoms with Gasteiger partial charge in [0.1, 0.15) is 25.0 Å². The number of hydrazine groups is 1. The number of carbonyl (C=O) groups is 4. The third-order valence-electron chi connectivity index (χ3n) is 8.63. The van der Waals surface area contributed by atoms with E-state index in [4.69, 9.17) is 0 Å². The van der Waals surface area contributed by atoms with Crippen molar-refractivity contribution < 1.29 is 19.2 Å². The molecule has 4 aromatic rings. The average Bonchev–Trinajstić information content (AvgIpc) is 3.40. The summed E-state index contributed by atoms with van der Waals surface area (Å²) in [4.78, 5) is 55.8. The number of benzene rings is 4. The van der Waals surface area contributed by atoms with E-state index in [1.165, 1.54) is 5.01 Å². The van der Waals surface area contributed by atoms with Gasteiger partial charge in [-0.2, -0.15) is 10.3 Å². The first kappa shape index (κ1) is 30.5. The minimum absolute atomic E-state index is 0.144. The highest BCUT2D eigenvalue weighted by Crippen LogP contribution is 2.31. The van der Waals surface area contributed by atoms with E-state index in [9.17, 15) is 24.4 Å². The van der Waals surface area contributed by atoms with Crippen molar-refractivity contribution in [3.63, 3.8) is 0 Å². The van der Waals surface area contributed by atoms with Crippen molar-refractivity contribution >= 4 is 34.9 Å². The molecule has 46 heavy (non-hydrogen) atoms. The summed E-state index contributed by atoms with van der Waals surface area (Å²) < 4.78 is 0. The average molecular weight is 615 g/mol. The topological polar surface area (TPSA) is 117 Å². The van der Waals surface area contributed by atoms with E-state index in [2.05, 4.69) is 11.4 Å². The maximum Gasteiger partial charge on any atom is 0.333 e. The summed E-state index contributed by atoms with van der Waals surface area (Å²) in [6.45, 7) is 0.329. The minimum atomic E-state index is -0.820. The molecule has 0 bridgehead atoms. The number of fused-ring (bicyclic) bond motifs is 2. The van der Waals surface area contributed by atoms with Gasteiger partial charge in [-0.05, 0) is 33.0 Å². The van der Waals surface area contributed by atoms with Crippen molar-refractivity contribution in [2.75, 3.05) is 19.6 Å². The summed E-state index contributed by atoms with van der Waals surface area (Å²) >= 11 is 0. The first-order chi connectivity index (χ1) is 22.5. The Hall–Kier alpha value is -5.53. The number of piperazine rings is 1. The summed E-state index contributed by atoms with van der Waals surface area (Å²) in [5.74, 6) is -0.471. The Morgan fingerprint density at radius 1 is 0.913 bits per heavy atom. The van der Waals surface area contributed by atoms with Gasteiger partial charge in [0.25, 0.3) is 0 Å². The lowest BCUT2D eigenvalue weighted by Crippen LogP contribution is -2.66. The van der Waals surface area contributed by atoms with Crippen LogP contribution in [0.3, 0.4) is 0 Å². The maximum atomic E-state index is 14.2. The predicted molar refractivity (Wildman–Crippen MR) is 171 cm³/mol. The molecule has 4 amide bonds. The van der Waals surface area contributed by atoms with Crippen LogP contribution in [0.5, 0.6) is 0 Å². The SMILES string of the molecule is N#CCN(C(=O)NCc1ccccc1)N1CC(=O)N2[C@@H](Cc3ccc(CC=O)cc3)C(=O)N(Cc3cccc4ccccc34)C[C@@H]21. The Morgan fingerprint density at radius 2 is 1.63 bits per heavy atom. The molecular formula is C36H34N6O4. The van der Waals surface area contributed by atoms with Gasteiger partial charge in [-0.25, -0.2) is 9.80 Å². The zero-order chi connectivity index (χ0) is 32.0. The molecule has 1 N–H and O–H groups in total. The second kappa shape index (κ2) is 13.6. The van der Waals surface area contributed by atoms with Crippen molar-refractivity contribution in [1.82, 2.24) is 25.1 Å². The van der Waals surface area contributed by atoms with Crippen LogP contribution in [0.1, 0.15) is 22.3 Å². The molecule has 2 aliphatic heterocycles. The van der Waals surface area contributed by atoms with E-state index >= 15 is 0 Å². The van der Waals surface area contributed by atoms with Gasteiger partial charge in [0, 0.05) is 25.9 Å². The van der Waals surface area contributed by atoms with Crippen LogP contribution >= 0.6 is 0 Å². The monoisotopic (exact) mass is 614 g/mol. The quantitative estimate of drug-likeness (QED) is 0.215. The third kappa shape index (κ3) is 6.32. The molecule has 6 rings (SSSR count). The largest absolute Gasteiger partial charge is 0.333 e. The Kier molecular flexibility index (Phi) is 9.03. The molecule has 0 aliphatic carbocycles. The number of nitrogens with zero attached hydrogens (tertiary/aromatic N) is 5. The van der Waals surface area contributed by atoms with Crippen molar-refractivity contribution in [2.24, 2.45) is 0 Å². The molecule has 232 valence electrons. The molecule has 0 saturated carbocycles. The number of hydrogen-bond donors (Lipinski definition) is 1. The van der Waals surface area contributed by atoms with Crippen LogP contribution in [0.2, 0.25) is 0 Å². The van der Waals surface area contributed by atoms with Crippen LogP contribution in [0.25, 0.3) is 10.8 Å². The van der Waals surface area contributed by atoms with Gasteiger partial charge in [0.15, 0.2) is 0 Å². The van der Waals surface area contributed by atoms with Crippen LogP contribution in [-0.2, 0) is 40.3 Å². The third-order valence-corrected chi connectivity index (χ3v) is 8.63. The van der Waals surface area contributed by atoms with Gasteiger partial charge in [-0.1, -0.05) is 97.1 Å². The fraction of sp³-hybridized carbons (Fsp3) is 0.250. The van der Waals surface area contributed by atoms with Crippen molar-refractivity contribution in [3.8, 4) is 6.07 Å². The summed E-state index contributed by atoms with van der Waals surface area (Å²) in [7, 11) is 0. The fourth-order valence-corrected chi connectivity index (χ4v) is 6.37. The van der Waals surface area contributed by atoms with Crippen LogP contribution < -0.4 is 5.32 Å². The van der Waals surface area contributed by atoms with Gasteiger partial charge in [0.2, 0.25) is 11.8 Å². The number of rotatable bonds is 10. The zero-order valence-corrected chi connectivity index (χ0v) is 25.3. The van der Waals surface area contributed by atoms with Crippen molar-refractivity contribution in [2.45, 2.75) is 38.1 Å². The standard InChI is InChI=1S/C36H34N6O4/c37-18-19-40(36(46)38-22-28-7-2-1-3-8-28)41-25-34(44)42-32(21-27-15-13-26(14-16-27)17-20-43)35(45)39(24-33(41)42)23-30-11-6-10-29-9-4-5-12-31(29)30/h1-16,20,32-33H,17,19,21-25H2,(H,38,46)/t32-,33+/m0/s1. The lowest BCUT2D eigenvalue weighted by Gasteiger charge is -2.46. The number of aldehydes is 1. The Balaban J connectivity index is 1.32. The van der Waals surface area contributed by atoms with Gasteiger partial charge in [-0.3, -0.25) is 9.59 Å². The van der Waals surface area contributed by atoms with E-state index in [-0.39, 0.29) is 44.4 Å². The summed E-state index contributed by atoms with van der Waals surface area (Å²) in [5.41, 5.74) is 3.58. The molecule has 4 aromatic carbocycles. The number of carbonyl (C=O) groups excluding carboxylic acids is 4. The highest BCUT2D eigenvalue weighted by molar-refractivity contribution is 5.92. The predicted octanol–water partition coefficient (Wildman–Crippen LogP) is 3.66. The van der Waals surface area contributed by atoms with Crippen molar-refractivity contribution in [1.29, 1.82) is 5.26 Å². The summed E-state index contributed by atoms with van der Waals surface area (Å²) in [6, 6.07) is 31.6. The number of hydrogen-bond acceptors (Lipinski definition) is 6. The molecule has 10 nitrogen and oxygen atoms in total. The van der Waals surface area contributed by atoms with Gasteiger partial charge in [0.05, 0.1) is 19.2 Å². The first-order valence-electron chi connectivity index (χ1n) is 15.3. The number of amides is 4. The molecule has 0 spiro atoms. The molecule has 0 unspecified atom stereocenters. The number of nitriles is 1. The summed E-state index contributed by atoms with van der Waals surface area (Å²) in [5, 5.41) is 17.6. The number of urea groups is 1. The van der Waals surface area contributed by atoms with Gasteiger partial charge in [-0.15, -0.1) is 0 Å². The second-order valence-electron chi connectivity index (χ2n) is 11.5. The Labute approximate surface area is 267 Å². The van der Waals surface area contributed by atoms with Gasteiger partial charge >= 0.3 is 6.03 Å². The zero-order valence-electron chi connectivity index (χ0n) is 25.3. The van der Waals surface area contributed by atoms with Gasteiger partial charge < -0.3 is 19.9 Å². The van der Waals surface area contributed by atoms with Crippen LogP contribution in [-0.4, -0.2) is 75.8 Å². The molecule has 2 aliphatic rings. The molecule has 2 saturated heterocycles. The summed E-state index contributed by atoms with van der Waals surface area (Å²) in [6.07, 6.45) is 0.747. The normalized spacial score (nSPS) is 17.9. The van der Waals surface area contributed by atoms with Crippen molar-refractivity contribution in [3.05, 3.63) is 119 Å². The molecule has 0 aromatic heterocycles. The second-order valence-corrected chi connectivity index (χ2v) is 11.5. The molecule has 10 heteroatoms. The lowest BCUT2D eigenvalue weighted by atomic mass is 9.98. The van der Waals surface area contributed by atoms with E-state index in [0.717, 1.165) is 39.3 Å².